The van der Waals surface area contributed by atoms with E-state index in [1.54, 1.807) is 24.3 Å². The van der Waals surface area contributed by atoms with Crippen molar-refractivity contribution in [1.82, 2.24) is 10.6 Å². The number of amides is 2. The van der Waals surface area contributed by atoms with Gasteiger partial charge in [-0.15, -0.1) is 0 Å². The molecule has 2 amide bonds. The molecule has 7 heteroatoms. The summed E-state index contributed by atoms with van der Waals surface area (Å²) in [4.78, 5) is 33.3. The topological polar surface area (TPSA) is 95.5 Å². The molecule has 0 fully saturated rings. The zero-order valence-corrected chi connectivity index (χ0v) is 12.2. The van der Waals surface area contributed by atoms with Crippen LogP contribution >= 0.6 is 11.6 Å². The quantitative estimate of drug-likeness (QED) is 0.633. The lowest BCUT2D eigenvalue weighted by molar-refractivity contribution is -0.136. The predicted octanol–water partition coefficient (Wildman–Crippen LogP) is 1.44. The van der Waals surface area contributed by atoms with Crippen LogP contribution in [0.5, 0.6) is 0 Å². The molecule has 0 bridgehead atoms. The van der Waals surface area contributed by atoms with Gasteiger partial charge in [-0.25, -0.2) is 0 Å². The maximum absolute atomic E-state index is 11.7. The van der Waals surface area contributed by atoms with E-state index in [-0.39, 0.29) is 31.2 Å². The van der Waals surface area contributed by atoms with E-state index in [0.29, 0.717) is 23.6 Å². The highest BCUT2D eigenvalue weighted by atomic mass is 35.5. The molecule has 0 spiro atoms. The van der Waals surface area contributed by atoms with Crippen LogP contribution in [0.2, 0.25) is 5.02 Å². The Bertz CT molecular complexity index is 502. The van der Waals surface area contributed by atoms with Crippen LogP contribution in [-0.2, 0) is 9.59 Å². The monoisotopic (exact) mass is 312 g/mol. The third-order valence-electron chi connectivity index (χ3n) is 2.63. The Balaban J connectivity index is 2.16. The van der Waals surface area contributed by atoms with Crippen molar-refractivity contribution in [1.29, 1.82) is 0 Å². The molecule has 1 rings (SSSR count). The summed E-state index contributed by atoms with van der Waals surface area (Å²) in [7, 11) is 0. The van der Waals surface area contributed by atoms with E-state index >= 15 is 0 Å². The number of hydrogen-bond donors (Lipinski definition) is 3. The van der Waals surface area contributed by atoms with E-state index in [2.05, 4.69) is 10.6 Å². The van der Waals surface area contributed by atoms with Crippen LogP contribution in [0.3, 0.4) is 0 Å². The molecule has 114 valence electrons. The van der Waals surface area contributed by atoms with E-state index in [1.165, 1.54) is 0 Å². The van der Waals surface area contributed by atoms with Gasteiger partial charge < -0.3 is 15.7 Å². The summed E-state index contributed by atoms with van der Waals surface area (Å²) in [5.74, 6) is -1.40. The normalized spacial score (nSPS) is 9.95. The number of aliphatic carboxylic acids is 1. The molecule has 6 nitrogen and oxygen atoms in total. The van der Waals surface area contributed by atoms with Crippen LogP contribution in [0.1, 0.15) is 29.6 Å². The molecule has 0 heterocycles. The summed E-state index contributed by atoms with van der Waals surface area (Å²) in [5, 5.41) is 14.2. The summed E-state index contributed by atoms with van der Waals surface area (Å²) in [6.45, 7) is 0.485. The van der Waals surface area contributed by atoms with Gasteiger partial charge in [0.05, 0.1) is 6.42 Å². The molecule has 1 aromatic carbocycles. The van der Waals surface area contributed by atoms with Crippen molar-refractivity contribution in [3.63, 3.8) is 0 Å². The Morgan fingerprint density at radius 2 is 1.67 bits per heavy atom. The Hall–Kier alpha value is -2.08. The smallest absolute Gasteiger partial charge is 0.305 e. The van der Waals surface area contributed by atoms with Crippen LogP contribution in [-0.4, -0.2) is 36.0 Å². The van der Waals surface area contributed by atoms with Crippen LogP contribution < -0.4 is 10.6 Å². The molecule has 1 aromatic rings. The molecule has 0 aliphatic heterocycles. The second-order valence-electron chi connectivity index (χ2n) is 4.36. The first-order valence-corrected chi connectivity index (χ1v) is 6.89. The van der Waals surface area contributed by atoms with Crippen LogP contribution in [0, 0.1) is 0 Å². The van der Waals surface area contributed by atoms with Crippen molar-refractivity contribution in [2.45, 2.75) is 19.3 Å². The first kappa shape index (κ1) is 17.0. The van der Waals surface area contributed by atoms with Gasteiger partial charge in [-0.1, -0.05) is 11.6 Å². The molecular weight excluding hydrogens is 296 g/mol. The van der Waals surface area contributed by atoms with Crippen molar-refractivity contribution >= 4 is 29.4 Å². The number of carbonyl (C=O) groups is 3. The van der Waals surface area contributed by atoms with Gasteiger partial charge >= 0.3 is 5.97 Å². The second kappa shape index (κ2) is 8.97. The molecule has 0 atom stereocenters. The molecule has 0 saturated heterocycles. The van der Waals surface area contributed by atoms with Crippen molar-refractivity contribution in [3.8, 4) is 0 Å². The van der Waals surface area contributed by atoms with Gasteiger partial charge in [-0.2, -0.15) is 0 Å². The largest absolute Gasteiger partial charge is 0.481 e. The first-order chi connectivity index (χ1) is 9.99. The maximum atomic E-state index is 11.7. The van der Waals surface area contributed by atoms with Gasteiger partial charge in [0.15, 0.2) is 0 Å². The molecule has 0 unspecified atom stereocenters. The Morgan fingerprint density at radius 3 is 2.29 bits per heavy atom. The van der Waals surface area contributed by atoms with E-state index in [4.69, 9.17) is 16.7 Å². The highest BCUT2D eigenvalue weighted by molar-refractivity contribution is 6.30. The van der Waals surface area contributed by atoms with Crippen LogP contribution in [0.25, 0.3) is 0 Å². The fourth-order valence-electron chi connectivity index (χ4n) is 1.55. The summed E-state index contributed by atoms with van der Waals surface area (Å²) < 4.78 is 0. The number of hydrogen-bond acceptors (Lipinski definition) is 3. The first-order valence-electron chi connectivity index (χ1n) is 6.51. The predicted molar refractivity (Wildman–Crippen MR) is 78.3 cm³/mol. The van der Waals surface area contributed by atoms with E-state index in [1.807, 2.05) is 0 Å². The van der Waals surface area contributed by atoms with E-state index < -0.39 is 5.97 Å². The molecule has 0 aliphatic carbocycles. The number of rotatable bonds is 8. The minimum atomic E-state index is -0.953. The average Bonchev–Trinajstić information content (AvgIpc) is 2.43. The number of halogens is 1. The third kappa shape index (κ3) is 7.31. The molecule has 0 radical (unpaired) electrons. The fourth-order valence-corrected chi connectivity index (χ4v) is 1.68. The van der Waals surface area contributed by atoms with Gasteiger partial charge in [-0.3, -0.25) is 14.4 Å². The van der Waals surface area contributed by atoms with Gasteiger partial charge in [0.1, 0.15) is 0 Å². The number of carbonyl (C=O) groups excluding carboxylic acids is 2. The minimum Gasteiger partial charge on any atom is -0.481 e. The van der Waals surface area contributed by atoms with E-state index in [9.17, 15) is 14.4 Å². The zero-order chi connectivity index (χ0) is 15.7. The molecule has 3 N–H and O–H groups in total. The SMILES string of the molecule is O=C(O)CCNC(=O)CCCNC(=O)c1ccc(Cl)cc1. The second-order valence-corrected chi connectivity index (χ2v) is 4.80. The number of carboxylic acids is 1. The highest BCUT2D eigenvalue weighted by Crippen LogP contribution is 2.09. The standard InChI is InChI=1S/C14H17ClN2O4/c15-11-5-3-10(4-6-11)14(21)17-8-1-2-12(18)16-9-7-13(19)20/h3-6H,1-2,7-9H2,(H,16,18)(H,17,21)(H,19,20). The van der Waals surface area contributed by atoms with Gasteiger partial charge in [0.2, 0.25) is 5.91 Å². The lowest BCUT2D eigenvalue weighted by Gasteiger charge is -2.06. The van der Waals surface area contributed by atoms with Crippen molar-refractivity contribution in [2.75, 3.05) is 13.1 Å². The van der Waals surface area contributed by atoms with E-state index in [0.717, 1.165) is 0 Å². The Labute approximate surface area is 127 Å². The summed E-state index contributed by atoms with van der Waals surface area (Å²) in [6, 6.07) is 6.51. The summed E-state index contributed by atoms with van der Waals surface area (Å²) in [6.07, 6.45) is 0.623. The lowest BCUT2D eigenvalue weighted by atomic mass is 10.2. The zero-order valence-electron chi connectivity index (χ0n) is 11.4. The van der Waals surface area contributed by atoms with Crippen molar-refractivity contribution in [2.24, 2.45) is 0 Å². The summed E-state index contributed by atoms with van der Waals surface area (Å²) >= 11 is 5.73. The maximum Gasteiger partial charge on any atom is 0.305 e. The number of nitrogens with one attached hydrogen (secondary N) is 2. The average molecular weight is 313 g/mol. The van der Waals surface area contributed by atoms with Gasteiger partial charge in [0.25, 0.3) is 5.91 Å². The highest BCUT2D eigenvalue weighted by Gasteiger charge is 2.06. The van der Waals surface area contributed by atoms with Crippen molar-refractivity contribution < 1.29 is 19.5 Å². The molecule has 21 heavy (non-hydrogen) atoms. The van der Waals surface area contributed by atoms with Gasteiger partial charge in [0, 0.05) is 30.1 Å². The Kier molecular flexibility index (Phi) is 7.25. The fraction of sp³-hybridized carbons (Fsp3) is 0.357. The van der Waals surface area contributed by atoms with Crippen molar-refractivity contribution in [3.05, 3.63) is 34.9 Å². The van der Waals surface area contributed by atoms with Gasteiger partial charge in [-0.05, 0) is 30.7 Å². The van der Waals surface area contributed by atoms with Crippen LogP contribution in [0.15, 0.2) is 24.3 Å². The molecule has 0 aromatic heterocycles. The Morgan fingerprint density at radius 1 is 1.00 bits per heavy atom. The van der Waals surface area contributed by atoms with Crippen LogP contribution in [0.4, 0.5) is 0 Å². The third-order valence-corrected chi connectivity index (χ3v) is 2.89. The number of benzene rings is 1. The molecule has 0 aliphatic rings. The molecule has 0 saturated carbocycles. The minimum absolute atomic E-state index is 0.0982. The molecular formula is C14H17ClN2O4. The summed E-state index contributed by atoms with van der Waals surface area (Å²) in [5.41, 5.74) is 0.505. The lowest BCUT2D eigenvalue weighted by Crippen LogP contribution is -2.28. The number of carboxylic acid groups (broad SMARTS) is 1.